The van der Waals surface area contributed by atoms with Crippen LogP contribution >= 0.6 is 0 Å². The van der Waals surface area contributed by atoms with Crippen LogP contribution in [0.25, 0.3) is 0 Å². The molecule has 6 nitrogen and oxygen atoms in total. The van der Waals surface area contributed by atoms with Crippen molar-refractivity contribution in [2.75, 3.05) is 25.6 Å². The average Bonchev–Trinajstić information content (AvgIpc) is 2.66. The number of amides is 1. The van der Waals surface area contributed by atoms with Crippen molar-refractivity contribution in [3.63, 3.8) is 0 Å². The summed E-state index contributed by atoms with van der Waals surface area (Å²) < 4.78 is 28.7. The molecular formula is C20H22FNO5. The first-order valence-corrected chi connectivity index (χ1v) is 8.42. The minimum atomic E-state index is -0.669. The van der Waals surface area contributed by atoms with E-state index in [-0.39, 0.29) is 5.56 Å². The molecule has 27 heavy (non-hydrogen) atoms. The summed E-state index contributed by atoms with van der Waals surface area (Å²) in [7, 11) is 1.48. The number of hydrogen-bond acceptors (Lipinski definition) is 5. The van der Waals surface area contributed by atoms with E-state index < -0.39 is 24.3 Å². The van der Waals surface area contributed by atoms with Crippen molar-refractivity contribution in [1.29, 1.82) is 0 Å². The normalized spacial score (nSPS) is 10.4. The third-order valence-electron chi connectivity index (χ3n) is 3.43. The topological polar surface area (TPSA) is 73.9 Å². The fourth-order valence-corrected chi connectivity index (χ4v) is 2.11. The van der Waals surface area contributed by atoms with Gasteiger partial charge >= 0.3 is 5.97 Å². The number of anilines is 1. The average molecular weight is 375 g/mol. The summed E-state index contributed by atoms with van der Waals surface area (Å²) in [5.74, 6) is -0.331. The van der Waals surface area contributed by atoms with Crippen LogP contribution in [0, 0.1) is 11.7 Å². The maximum Gasteiger partial charge on any atom is 0.338 e. The highest BCUT2D eigenvalue weighted by atomic mass is 19.1. The van der Waals surface area contributed by atoms with Gasteiger partial charge in [-0.1, -0.05) is 13.8 Å². The molecule has 1 N–H and O–H groups in total. The molecule has 0 bridgehead atoms. The van der Waals surface area contributed by atoms with Crippen LogP contribution in [0.5, 0.6) is 11.5 Å². The number of hydrogen-bond donors (Lipinski definition) is 1. The number of methoxy groups -OCH3 is 1. The number of rotatable bonds is 8. The smallest absolute Gasteiger partial charge is 0.338 e. The van der Waals surface area contributed by atoms with Crippen molar-refractivity contribution in [2.24, 2.45) is 5.92 Å². The van der Waals surface area contributed by atoms with Gasteiger partial charge in [0.2, 0.25) is 0 Å². The van der Waals surface area contributed by atoms with E-state index in [1.54, 1.807) is 12.1 Å². The Morgan fingerprint density at radius 3 is 2.41 bits per heavy atom. The Hall–Kier alpha value is -3.09. The lowest BCUT2D eigenvalue weighted by molar-refractivity contribution is -0.119. The highest BCUT2D eigenvalue weighted by molar-refractivity contribution is 5.95. The van der Waals surface area contributed by atoms with Gasteiger partial charge in [0.05, 0.1) is 19.3 Å². The standard InChI is InChI=1S/C20H22FNO5/c1-13(2)11-26-17-9-4-14(10-18(17)25-3)20(24)27-12-19(23)22-16-7-5-15(21)6-8-16/h4-10,13H,11-12H2,1-3H3,(H,22,23). The quantitative estimate of drug-likeness (QED) is 0.713. The molecule has 0 fully saturated rings. The summed E-state index contributed by atoms with van der Waals surface area (Å²) in [5, 5.41) is 2.51. The van der Waals surface area contributed by atoms with Gasteiger partial charge in [-0.05, 0) is 48.4 Å². The first-order valence-electron chi connectivity index (χ1n) is 8.42. The van der Waals surface area contributed by atoms with Crippen LogP contribution < -0.4 is 14.8 Å². The maximum absolute atomic E-state index is 12.8. The van der Waals surface area contributed by atoms with Gasteiger partial charge in [-0.15, -0.1) is 0 Å². The Labute approximate surface area is 157 Å². The van der Waals surface area contributed by atoms with E-state index in [0.717, 1.165) is 0 Å². The molecular weight excluding hydrogens is 353 g/mol. The highest BCUT2D eigenvalue weighted by Gasteiger charge is 2.14. The number of ether oxygens (including phenoxy) is 3. The van der Waals surface area contributed by atoms with Crippen LogP contribution in [0.15, 0.2) is 42.5 Å². The van der Waals surface area contributed by atoms with Crippen LogP contribution in [-0.2, 0) is 9.53 Å². The van der Waals surface area contributed by atoms with Crippen molar-refractivity contribution in [2.45, 2.75) is 13.8 Å². The molecule has 0 saturated carbocycles. The first kappa shape index (κ1) is 20.2. The van der Waals surface area contributed by atoms with Crippen LogP contribution in [0.1, 0.15) is 24.2 Å². The molecule has 2 rings (SSSR count). The Morgan fingerprint density at radius 2 is 1.78 bits per heavy atom. The summed E-state index contributed by atoms with van der Waals surface area (Å²) in [5.41, 5.74) is 0.643. The van der Waals surface area contributed by atoms with Crippen LogP contribution in [0.4, 0.5) is 10.1 Å². The van der Waals surface area contributed by atoms with Crippen LogP contribution in [0.2, 0.25) is 0 Å². The minimum Gasteiger partial charge on any atom is -0.493 e. The molecule has 0 radical (unpaired) electrons. The summed E-state index contributed by atoms with van der Waals surface area (Å²) in [6, 6.07) is 9.92. The fourth-order valence-electron chi connectivity index (χ4n) is 2.11. The lowest BCUT2D eigenvalue weighted by Gasteiger charge is -2.13. The van der Waals surface area contributed by atoms with Gasteiger partial charge in [0.1, 0.15) is 5.82 Å². The molecule has 2 aromatic rings. The Kier molecular flexibility index (Phi) is 7.16. The monoisotopic (exact) mass is 375 g/mol. The van der Waals surface area contributed by atoms with Gasteiger partial charge in [-0.3, -0.25) is 4.79 Å². The molecule has 0 aromatic heterocycles. The number of nitrogens with one attached hydrogen (secondary N) is 1. The molecule has 2 aromatic carbocycles. The molecule has 0 spiro atoms. The summed E-state index contributed by atoms with van der Waals surface area (Å²) in [6.45, 7) is 4.10. The molecule has 0 unspecified atom stereocenters. The van der Waals surface area contributed by atoms with E-state index in [2.05, 4.69) is 5.32 Å². The number of benzene rings is 2. The van der Waals surface area contributed by atoms with Gasteiger partial charge in [0.25, 0.3) is 5.91 Å². The van der Waals surface area contributed by atoms with Crippen molar-refractivity contribution < 1.29 is 28.2 Å². The lowest BCUT2D eigenvalue weighted by Crippen LogP contribution is -2.21. The third-order valence-corrected chi connectivity index (χ3v) is 3.43. The molecule has 0 aliphatic rings. The first-order chi connectivity index (χ1) is 12.9. The summed E-state index contributed by atoms with van der Waals surface area (Å²) in [4.78, 5) is 24.0. The summed E-state index contributed by atoms with van der Waals surface area (Å²) in [6.07, 6.45) is 0. The van der Waals surface area contributed by atoms with Crippen molar-refractivity contribution in [3.05, 3.63) is 53.8 Å². The third kappa shape index (κ3) is 6.29. The van der Waals surface area contributed by atoms with Gasteiger partial charge in [-0.25, -0.2) is 9.18 Å². The molecule has 0 atom stereocenters. The SMILES string of the molecule is COc1cc(C(=O)OCC(=O)Nc2ccc(F)cc2)ccc1OCC(C)C. The second-order valence-corrected chi connectivity index (χ2v) is 6.20. The molecule has 0 aliphatic heterocycles. The zero-order chi connectivity index (χ0) is 19.8. The zero-order valence-corrected chi connectivity index (χ0v) is 15.5. The minimum absolute atomic E-state index is 0.235. The Bertz CT molecular complexity index is 789. The molecule has 0 aliphatic carbocycles. The van der Waals surface area contributed by atoms with Crippen LogP contribution in [-0.4, -0.2) is 32.2 Å². The zero-order valence-electron chi connectivity index (χ0n) is 15.5. The fraction of sp³-hybridized carbons (Fsp3) is 0.300. The second-order valence-electron chi connectivity index (χ2n) is 6.20. The van der Waals surface area contributed by atoms with E-state index in [1.807, 2.05) is 13.8 Å². The van der Waals surface area contributed by atoms with E-state index in [0.29, 0.717) is 29.7 Å². The van der Waals surface area contributed by atoms with Gasteiger partial charge in [-0.2, -0.15) is 0 Å². The van der Waals surface area contributed by atoms with Gasteiger partial charge < -0.3 is 19.5 Å². The highest BCUT2D eigenvalue weighted by Crippen LogP contribution is 2.28. The molecule has 144 valence electrons. The number of esters is 1. The van der Waals surface area contributed by atoms with Crippen molar-refractivity contribution in [1.82, 2.24) is 0 Å². The molecule has 0 heterocycles. The Balaban J connectivity index is 1.92. The lowest BCUT2D eigenvalue weighted by atomic mass is 10.2. The molecule has 1 amide bonds. The van der Waals surface area contributed by atoms with Gasteiger partial charge in [0.15, 0.2) is 18.1 Å². The molecule has 0 saturated heterocycles. The van der Waals surface area contributed by atoms with E-state index in [1.165, 1.54) is 37.4 Å². The predicted molar refractivity (Wildman–Crippen MR) is 98.6 cm³/mol. The number of carbonyl (C=O) groups excluding carboxylic acids is 2. The predicted octanol–water partition coefficient (Wildman–Crippen LogP) is 3.66. The number of halogens is 1. The second kappa shape index (κ2) is 9.56. The maximum atomic E-state index is 12.8. The number of carbonyl (C=O) groups is 2. The largest absolute Gasteiger partial charge is 0.493 e. The van der Waals surface area contributed by atoms with Crippen molar-refractivity contribution >= 4 is 17.6 Å². The Morgan fingerprint density at radius 1 is 1.07 bits per heavy atom. The van der Waals surface area contributed by atoms with E-state index in [4.69, 9.17) is 14.2 Å². The van der Waals surface area contributed by atoms with Crippen LogP contribution in [0.3, 0.4) is 0 Å². The van der Waals surface area contributed by atoms with E-state index >= 15 is 0 Å². The van der Waals surface area contributed by atoms with Crippen molar-refractivity contribution in [3.8, 4) is 11.5 Å². The summed E-state index contributed by atoms with van der Waals surface area (Å²) >= 11 is 0. The van der Waals surface area contributed by atoms with Gasteiger partial charge in [0, 0.05) is 5.69 Å². The van der Waals surface area contributed by atoms with E-state index in [9.17, 15) is 14.0 Å². The molecule has 7 heteroatoms.